The molecule has 0 atom stereocenters. The topological polar surface area (TPSA) is 94.7 Å². The van der Waals surface area contributed by atoms with Crippen molar-refractivity contribution in [2.24, 2.45) is 0 Å². The minimum Gasteiger partial charge on any atom is -0.506 e. The number of ether oxygens (including phenoxy) is 1. The van der Waals surface area contributed by atoms with Crippen LogP contribution in [0.25, 0.3) is 10.2 Å². The van der Waals surface area contributed by atoms with Crippen molar-refractivity contribution in [3.05, 3.63) is 57.2 Å². The lowest BCUT2D eigenvalue weighted by Crippen LogP contribution is -2.43. The third-order valence-electron chi connectivity index (χ3n) is 7.59. The third-order valence-corrected chi connectivity index (χ3v) is 8.54. The Balaban J connectivity index is 1.21. The smallest absolute Gasteiger partial charge is 0.305 e. The first kappa shape index (κ1) is 28.2. The monoisotopic (exact) mass is 539 g/mol. The normalized spacial score (nSPS) is 14.1. The molecular formula is C30H41N3O4S. The first-order chi connectivity index (χ1) is 18.5. The molecular weight excluding hydrogens is 498 g/mol. The number of phenols is 1. The van der Waals surface area contributed by atoms with E-state index in [0.717, 1.165) is 85.4 Å². The molecule has 0 spiro atoms. The molecule has 1 amide bonds. The van der Waals surface area contributed by atoms with Gasteiger partial charge in [-0.1, -0.05) is 55.2 Å². The van der Waals surface area contributed by atoms with Crippen molar-refractivity contribution in [3.63, 3.8) is 0 Å². The highest BCUT2D eigenvalue weighted by atomic mass is 32.1. The van der Waals surface area contributed by atoms with Crippen LogP contribution in [0.1, 0.15) is 68.9 Å². The number of aryl methyl sites for hydroxylation is 1. The molecule has 38 heavy (non-hydrogen) atoms. The Kier molecular flexibility index (Phi) is 10.6. The summed E-state index contributed by atoms with van der Waals surface area (Å²) in [5, 5.41) is 13.5. The van der Waals surface area contributed by atoms with E-state index in [1.54, 1.807) is 13.2 Å². The van der Waals surface area contributed by atoms with Crippen LogP contribution in [0, 0.1) is 0 Å². The summed E-state index contributed by atoms with van der Waals surface area (Å²) in [5.74, 6) is 1.26. The summed E-state index contributed by atoms with van der Waals surface area (Å²) in [7, 11) is 1.67. The average Bonchev–Trinajstić information content (AvgIpc) is 3.35. The van der Waals surface area contributed by atoms with E-state index in [1.165, 1.54) is 24.8 Å². The second-order valence-corrected chi connectivity index (χ2v) is 11.2. The number of nitrogens with one attached hydrogen (secondary N) is 2. The Bertz CT molecular complexity index is 1210. The van der Waals surface area contributed by atoms with Gasteiger partial charge >= 0.3 is 4.87 Å². The number of phenolic OH excluding ortho intramolecular Hbond substituents is 1. The van der Waals surface area contributed by atoms with E-state index < -0.39 is 0 Å². The standard InChI is InChI=1S/C30H41N3O4S/c1-37-25-14-11-22(12-15-25)17-19-31-20-18-27(35)33(24-9-5-2-6-10-24)21-7-3-4-8-23-13-16-26(34)28-29(23)38-30(36)32-28/h11-16,24,31,34H,2-10,17-21H2,1H3,(H,32,36). The van der Waals surface area contributed by atoms with Gasteiger partial charge in [0.05, 0.1) is 11.8 Å². The van der Waals surface area contributed by atoms with E-state index in [0.29, 0.717) is 24.5 Å². The predicted octanol–water partition coefficient (Wildman–Crippen LogP) is 5.40. The van der Waals surface area contributed by atoms with E-state index in [2.05, 4.69) is 27.3 Å². The lowest BCUT2D eigenvalue weighted by atomic mass is 9.93. The maximum Gasteiger partial charge on any atom is 0.305 e. The zero-order chi connectivity index (χ0) is 26.7. The molecule has 0 aliphatic heterocycles. The van der Waals surface area contributed by atoms with Crippen LogP contribution in [-0.2, 0) is 17.6 Å². The molecule has 1 aliphatic carbocycles. The number of hydrogen-bond donors (Lipinski definition) is 3. The molecule has 0 radical (unpaired) electrons. The molecule has 1 saturated carbocycles. The molecule has 1 heterocycles. The van der Waals surface area contributed by atoms with Gasteiger partial charge in [-0.2, -0.15) is 0 Å². The molecule has 8 heteroatoms. The molecule has 206 valence electrons. The second kappa shape index (κ2) is 14.4. The van der Waals surface area contributed by atoms with Crippen LogP contribution in [0.5, 0.6) is 11.5 Å². The van der Waals surface area contributed by atoms with Crippen molar-refractivity contribution in [2.45, 2.75) is 76.7 Å². The van der Waals surface area contributed by atoms with Gasteiger partial charge in [0.25, 0.3) is 0 Å². The van der Waals surface area contributed by atoms with Crippen molar-refractivity contribution in [2.75, 3.05) is 26.7 Å². The summed E-state index contributed by atoms with van der Waals surface area (Å²) in [6.45, 7) is 2.37. The summed E-state index contributed by atoms with van der Waals surface area (Å²) in [6.07, 6.45) is 11.3. The molecule has 1 aliphatic rings. The summed E-state index contributed by atoms with van der Waals surface area (Å²) >= 11 is 1.16. The number of aromatic nitrogens is 1. The van der Waals surface area contributed by atoms with Crippen molar-refractivity contribution < 1.29 is 14.6 Å². The lowest BCUT2D eigenvalue weighted by molar-refractivity contribution is -0.134. The number of carbonyl (C=O) groups is 1. The Morgan fingerprint density at radius 2 is 1.84 bits per heavy atom. The summed E-state index contributed by atoms with van der Waals surface area (Å²) in [5.41, 5.74) is 2.90. The molecule has 1 aromatic heterocycles. The van der Waals surface area contributed by atoms with E-state index in [4.69, 9.17) is 4.74 Å². The molecule has 2 aromatic carbocycles. The Morgan fingerprint density at radius 1 is 1.05 bits per heavy atom. The number of unbranched alkanes of at least 4 members (excludes halogenated alkanes) is 2. The number of hydrogen-bond acceptors (Lipinski definition) is 6. The van der Waals surface area contributed by atoms with E-state index in [1.807, 2.05) is 18.2 Å². The fraction of sp³-hybridized carbons (Fsp3) is 0.533. The van der Waals surface area contributed by atoms with Gasteiger partial charge in [-0.15, -0.1) is 0 Å². The van der Waals surface area contributed by atoms with Crippen LogP contribution in [0.15, 0.2) is 41.2 Å². The number of carbonyl (C=O) groups excluding carboxylic acids is 1. The first-order valence-corrected chi connectivity index (χ1v) is 14.8. The Labute approximate surface area is 229 Å². The molecule has 3 N–H and O–H groups in total. The van der Waals surface area contributed by atoms with E-state index in [-0.39, 0.29) is 16.5 Å². The zero-order valence-corrected chi connectivity index (χ0v) is 23.3. The minimum absolute atomic E-state index is 0.124. The number of fused-ring (bicyclic) bond motifs is 1. The van der Waals surface area contributed by atoms with Crippen LogP contribution in [0.4, 0.5) is 0 Å². The number of methoxy groups -OCH3 is 1. The molecule has 7 nitrogen and oxygen atoms in total. The number of aromatic hydroxyl groups is 1. The predicted molar refractivity (Wildman–Crippen MR) is 154 cm³/mol. The van der Waals surface area contributed by atoms with Gasteiger partial charge in [-0.05, 0) is 74.4 Å². The summed E-state index contributed by atoms with van der Waals surface area (Å²) < 4.78 is 6.07. The molecule has 1 fully saturated rings. The van der Waals surface area contributed by atoms with Gasteiger partial charge in [0, 0.05) is 25.6 Å². The molecule has 4 rings (SSSR count). The maximum absolute atomic E-state index is 13.2. The maximum atomic E-state index is 13.2. The fourth-order valence-corrected chi connectivity index (χ4v) is 6.33. The van der Waals surface area contributed by atoms with Crippen LogP contribution >= 0.6 is 11.3 Å². The van der Waals surface area contributed by atoms with Crippen molar-refractivity contribution in [3.8, 4) is 11.5 Å². The van der Waals surface area contributed by atoms with Gasteiger partial charge in [-0.3, -0.25) is 9.59 Å². The summed E-state index contributed by atoms with van der Waals surface area (Å²) in [6, 6.07) is 12.1. The first-order valence-electron chi connectivity index (χ1n) is 14.0. The number of amides is 1. The highest BCUT2D eigenvalue weighted by Gasteiger charge is 2.24. The number of aromatic amines is 1. The van der Waals surface area contributed by atoms with Crippen LogP contribution in [0.3, 0.4) is 0 Å². The number of H-pyrrole nitrogens is 1. The fourth-order valence-electron chi connectivity index (χ4n) is 5.44. The van der Waals surface area contributed by atoms with Crippen LogP contribution in [-0.4, -0.2) is 53.7 Å². The number of nitrogens with zero attached hydrogens (tertiary/aromatic N) is 1. The highest BCUT2D eigenvalue weighted by molar-refractivity contribution is 7.16. The molecule has 0 saturated heterocycles. The third kappa shape index (κ3) is 7.84. The Morgan fingerprint density at radius 3 is 2.61 bits per heavy atom. The summed E-state index contributed by atoms with van der Waals surface area (Å²) in [4.78, 5) is 29.7. The number of benzene rings is 2. The highest BCUT2D eigenvalue weighted by Crippen LogP contribution is 2.29. The van der Waals surface area contributed by atoms with Gasteiger partial charge < -0.3 is 25.0 Å². The van der Waals surface area contributed by atoms with Crippen molar-refractivity contribution in [1.29, 1.82) is 0 Å². The number of thiazole rings is 1. The van der Waals surface area contributed by atoms with Gasteiger partial charge in [0.2, 0.25) is 5.91 Å². The van der Waals surface area contributed by atoms with E-state index >= 15 is 0 Å². The molecule has 0 bridgehead atoms. The average molecular weight is 540 g/mol. The van der Waals surface area contributed by atoms with Crippen LogP contribution in [0.2, 0.25) is 0 Å². The lowest BCUT2D eigenvalue weighted by Gasteiger charge is -2.34. The van der Waals surface area contributed by atoms with Gasteiger partial charge in [0.15, 0.2) is 0 Å². The minimum atomic E-state index is -0.139. The zero-order valence-electron chi connectivity index (χ0n) is 22.5. The second-order valence-electron chi connectivity index (χ2n) is 10.3. The van der Waals surface area contributed by atoms with Crippen LogP contribution < -0.4 is 14.9 Å². The Hall–Kier alpha value is -2.84. The van der Waals surface area contributed by atoms with Gasteiger partial charge in [-0.25, -0.2) is 0 Å². The quantitative estimate of drug-likeness (QED) is 0.239. The van der Waals surface area contributed by atoms with Crippen molar-refractivity contribution >= 4 is 27.5 Å². The molecule has 3 aromatic rings. The molecule has 0 unspecified atom stereocenters. The number of rotatable bonds is 14. The largest absolute Gasteiger partial charge is 0.506 e. The van der Waals surface area contributed by atoms with E-state index in [9.17, 15) is 14.7 Å². The van der Waals surface area contributed by atoms with Gasteiger partial charge in [0.1, 0.15) is 17.0 Å². The SMILES string of the molecule is COc1ccc(CCNCCC(=O)N(CCCCCc2ccc(O)c3[nH]c(=O)sc23)C2CCCCC2)cc1. The van der Waals surface area contributed by atoms with Crippen molar-refractivity contribution in [1.82, 2.24) is 15.2 Å².